The third kappa shape index (κ3) is 2.20. The van der Waals surface area contributed by atoms with E-state index < -0.39 is 0 Å². The van der Waals surface area contributed by atoms with E-state index in [0.29, 0.717) is 24.9 Å². The van der Waals surface area contributed by atoms with E-state index in [1.807, 2.05) is 10.8 Å². The highest BCUT2D eigenvalue weighted by molar-refractivity contribution is 5.92. The van der Waals surface area contributed by atoms with E-state index in [1.165, 1.54) is 12.8 Å². The Kier molecular flexibility index (Phi) is 2.84. The van der Waals surface area contributed by atoms with Gasteiger partial charge in [-0.1, -0.05) is 12.8 Å². The lowest BCUT2D eigenvalue weighted by Crippen LogP contribution is -2.32. The number of carbonyl (C=O) groups excluding carboxylic acids is 1. The third-order valence-electron chi connectivity index (χ3n) is 3.49. The topological polar surface area (TPSA) is 56.2 Å². The number of fused-ring (bicyclic) bond motifs is 1. The predicted octanol–water partition coefficient (Wildman–Crippen LogP) is 1.09. The minimum atomic E-state index is -0.0428. The lowest BCUT2D eigenvalue weighted by molar-refractivity contribution is 0.0815. The van der Waals surface area contributed by atoms with E-state index in [0.717, 1.165) is 25.2 Å². The molecule has 1 amide bonds. The lowest BCUT2D eigenvalue weighted by Gasteiger charge is -2.13. The fourth-order valence-corrected chi connectivity index (χ4v) is 2.53. The zero-order valence-electron chi connectivity index (χ0n) is 9.82. The van der Waals surface area contributed by atoms with Crippen LogP contribution in [0.4, 0.5) is 0 Å². The molecule has 3 rings (SSSR count). The molecule has 1 aliphatic heterocycles. The first-order valence-electron chi connectivity index (χ1n) is 6.27. The summed E-state index contributed by atoms with van der Waals surface area (Å²) in [6.07, 6.45) is 6.48. The molecule has 17 heavy (non-hydrogen) atoms. The Bertz CT molecular complexity index is 398. The van der Waals surface area contributed by atoms with Crippen LogP contribution < -0.4 is 5.32 Å². The number of rotatable bonds is 2. The van der Waals surface area contributed by atoms with E-state index in [2.05, 4.69) is 10.3 Å². The molecular formula is C12H17N3O2. The van der Waals surface area contributed by atoms with E-state index in [-0.39, 0.29) is 5.91 Å². The van der Waals surface area contributed by atoms with Crippen LogP contribution in [0.2, 0.25) is 0 Å². The molecule has 0 saturated heterocycles. The molecule has 0 atom stereocenters. The first-order chi connectivity index (χ1) is 8.33. The Morgan fingerprint density at radius 1 is 1.47 bits per heavy atom. The number of nitrogens with one attached hydrogen (secondary N) is 1. The van der Waals surface area contributed by atoms with Crippen LogP contribution in [-0.4, -0.2) is 28.1 Å². The number of nitrogens with zero attached hydrogens (tertiary/aromatic N) is 2. The van der Waals surface area contributed by atoms with Gasteiger partial charge in [0.15, 0.2) is 0 Å². The molecule has 1 N–H and O–H groups in total. The maximum absolute atomic E-state index is 12.0. The molecule has 1 fully saturated rings. The van der Waals surface area contributed by atoms with E-state index in [9.17, 15) is 4.79 Å². The summed E-state index contributed by atoms with van der Waals surface area (Å²) >= 11 is 0. The summed E-state index contributed by atoms with van der Waals surface area (Å²) in [5, 5.41) is 3.05. The highest BCUT2D eigenvalue weighted by Crippen LogP contribution is 2.18. The quantitative estimate of drug-likeness (QED) is 0.834. The number of aromatic nitrogens is 2. The predicted molar refractivity (Wildman–Crippen MR) is 61.6 cm³/mol. The molecule has 2 aliphatic rings. The molecule has 0 radical (unpaired) electrons. The summed E-state index contributed by atoms with van der Waals surface area (Å²) in [6, 6.07) is 0.345. The Hall–Kier alpha value is -1.36. The normalized spacial score (nSPS) is 20.2. The van der Waals surface area contributed by atoms with Crippen molar-refractivity contribution in [2.75, 3.05) is 6.61 Å². The summed E-state index contributed by atoms with van der Waals surface area (Å²) < 4.78 is 7.31. The molecule has 2 heterocycles. The number of amides is 1. The van der Waals surface area contributed by atoms with Crippen molar-refractivity contribution in [3.05, 3.63) is 17.7 Å². The van der Waals surface area contributed by atoms with Crippen LogP contribution in [0, 0.1) is 0 Å². The van der Waals surface area contributed by atoms with Gasteiger partial charge in [-0.15, -0.1) is 0 Å². The van der Waals surface area contributed by atoms with Crippen LogP contribution >= 0.6 is 0 Å². The van der Waals surface area contributed by atoms with E-state index in [4.69, 9.17) is 4.74 Å². The Morgan fingerprint density at radius 2 is 2.29 bits per heavy atom. The second-order valence-electron chi connectivity index (χ2n) is 4.74. The molecule has 5 heteroatoms. The number of hydrogen-bond acceptors (Lipinski definition) is 3. The van der Waals surface area contributed by atoms with Gasteiger partial charge in [-0.25, -0.2) is 4.98 Å². The number of hydrogen-bond donors (Lipinski definition) is 1. The van der Waals surface area contributed by atoms with Gasteiger partial charge in [0.1, 0.15) is 18.1 Å². The van der Waals surface area contributed by atoms with Crippen molar-refractivity contribution in [1.82, 2.24) is 14.9 Å². The van der Waals surface area contributed by atoms with Gasteiger partial charge in [-0.05, 0) is 12.8 Å². The van der Waals surface area contributed by atoms with Crippen LogP contribution in [0.5, 0.6) is 0 Å². The van der Waals surface area contributed by atoms with Crippen molar-refractivity contribution in [3.8, 4) is 0 Å². The van der Waals surface area contributed by atoms with Gasteiger partial charge >= 0.3 is 0 Å². The fraction of sp³-hybridized carbons (Fsp3) is 0.667. The average Bonchev–Trinajstić information content (AvgIpc) is 2.96. The maximum Gasteiger partial charge on any atom is 0.271 e. The van der Waals surface area contributed by atoms with Gasteiger partial charge < -0.3 is 14.6 Å². The van der Waals surface area contributed by atoms with Crippen molar-refractivity contribution >= 4 is 5.91 Å². The largest absolute Gasteiger partial charge is 0.372 e. The summed E-state index contributed by atoms with van der Waals surface area (Å²) in [7, 11) is 0. The Balaban J connectivity index is 1.70. The zero-order chi connectivity index (χ0) is 11.7. The molecule has 0 spiro atoms. The van der Waals surface area contributed by atoms with Crippen molar-refractivity contribution < 1.29 is 9.53 Å². The molecule has 1 saturated carbocycles. The van der Waals surface area contributed by atoms with Gasteiger partial charge in [0.2, 0.25) is 0 Å². The summed E-state index contributed by atoms with van der Waals surface area (Å²) in [6.45, 7) is 2.00. The standard InChI is InChI=1S/C12H17N3O2/c16-12(13-9-3-1-2-4-9)10-7-15-5-6-17-8-11(15)14-10/h7,9H,1-6,8H2,(H,13,16). The van der Waals surface area contributed by atoms with E-state index >= 15 is 0 Å². The molecule has 1 aliphatic carbocycles. The van der Waals surface area contributed by atoms with Gasteiger partial charge in [0.25, 0.3) is 5.91 Å². The van der Waals surface area contributed by atoms with Crippen LogP contribution in [0.1, 0.15) is 42.0 Å². The van der Waals surface area contributed by atoms with Gasteiger partial charge in [-0.2, -0.15) is 0 Å². The molecule has 0 unspecified atom stereocenters. The molecule has 0 aromatic carbocycles. The highest BCUT2D eigenvalue weighted by Gasteiger charge is 2.21. The molecule has 1 aromatic heterocycles. The minimum absolute atomic E-state index is 0.0428. The SMILES string of the molecule is O=C(NC1CCCC1)c1cn2c(n1)COCC2. The highest BCUT2D eigenvalue weighted by atomic mass is 16.5. The Morgan fingerprint density at radius 3 is 3.06 bits per heavy atom. The number of ether oxygens (including phenoxy) is 1. The number of carbonyl (C=O) groups is 1. The third-order valence-corrected chi connectivity index (χ3v) is 3.49. The van der Waals surface area contributed by atoms with Crippen molar-refractivity contribution in [3.63, 3.8) is 0 Å². The number of imidazole rings is 1. The van der Waals surface area contributed by atoms with Gasteiger partial charge in [0, 0.05) is 18.8 Å². The minimum Gasteiger partial charge on any atom is -0.372 e. The zero-order valence-corrected chi connectivity index (χ0v) is 9.82. The molecule has 0 bridgehead atoms. The van der Waals surface area contributed by atoms with Crippen molar-refractivity contribution in [2.24, 2.45) is 0 Å². The van der Waals surface area contributed by atoms with Crippen molar-refractivity contribution in [2.45, 2.75) is 44.9 Å². The maximum atomic E-state index is 12.0. The molecule has 92 valence electrons. The second-order valence-corrected chi connectivity index (χ2v) is 4.74. The second kappa shape index (κ2) is 4.49. The molecule has 5 nitrogen and oxygen atoms in total. The summed E-state index contributed by atoms with van der Waals surface area (Å²) in [5.41, 5.74) is 0.525. The monoisotopic (exact) mass is 235 g/mol. The lowest BCUT2D eigenvalue weighted by atomic mass is 10.2. The Labute approximate surface area is 100 Å². The summed E-state index contributed by atoms with van der Waals surface area (Å²) in [5.74, 6) is 0.812. The van der Waals surface area contributed by atoms with Crippen LogP contribution in [0.25, 0.3) is 0 Å². The van der Waals surface area contributed by atoms with Crippen molar-refractivity contribution in [1.29, 1.82) is 0 Å². The van der Waals surface area contributed by atoms with Gasteiger partial charge in [0.05, 0.1) is 6.61 Å². The average molecular weight is 235 g/mol. The van der Waals surface area contributed by atoms with E-state index in [1.54, 1.807) is 0 Å². The first-order valence-corrected chi connectivity index (χ1v) is 6.27. The fourth-order valence-electron chi connectivity index (χ4n) is 2.53. The first kappa shape index (κ1) is 10.8. The molecular weight excluding hydrogens is 218 g/mol. The van der Waals surface area contributed by atoms with Gasteiger partial charge in [-0.3, -0.25) is 4.79 Å². The van der Waals surface area contributed by atoms with Crippen LogP contribution in [-0.2, 0) is 17.9 Å². The molecule has 1 aromatic rings. The summed E-state index contributed by atoms with van der Waals surface area (Å²) in [4.78, 5) is 16.3. The van der Waals surface area contributed by atoms with Crippen LogP contribution in [0.15, 0.2) is 6.20 Å². The van der Waals surface area contributed by atoms with Crippen LogP contribution in [0.3, 0.4) is 0 Å². The smallest absolute Gasteiger partial charge is 0.271 e.